The van der Waals surface area contributed by atoms with Gasteiger partial charge >= 0.3 is 12.6 Å². The Morgan fingerprint density at radius 3 is 2.57 bits per heavy atom. The van der Waals surface area contributed by atoms with Crippen LogP contribution in [0.15, 0.2) is 18.2 Å². The number of hydrogen-bond donors (Lipinski definition) is 2. The van der Waals surface area contributed by atoms with E-state index in [1.807, 2.05) is 0 Å². The monoisotopic (exact) mass is 204 g/mol. The minimum atomic E-state index is -3.10. The minimum absolute atomic E-state index is 0.330. The third kappa shape index (κ3) is 2.32. The van der Waals surface area contributed by atoms with Crippen LogP contribution in [0.25, 0.3) is 0 Å². The van der Waals surface area contributed by atoms with Gasteiger partial charge in [-0.15, -0.1) is 0 Å². The van der Waals surface area contributed by atoms with Crippen LogP contribution in [0, 0.1) is 0 Å². The number of benzene rings is 1. The second-order valence-corrected chi connectivity index (χ2v) is 2.36. The number of carboxylic acid groups (broad SMARTS) is 1. The molecule has 0 atom stereocenters. The van der Waals surface area contributed by atoms with Crippen LogP contribution in [-0.2, 0) is 0 Å². The average molecular weight is 204 g/mol. The third-order valence-electron chi connectivity index (χ3n) is 1.41. The van der Waals surface area contributed by atoms with Gasteiger partial charge in [-0.05, 0) is 18.2 Å². The second kappa shape index (κ2) is 3.91. The van der Waals surface area contributed by atoms with E-state index in [2.05, 4.69) is 4.74 Å². The highest BCUT2D eigenvalue weighted by atomic mass is 19.3. The Kier molecular flexibility index (Phi) is 2.85. The summed E-state index contributed by atoms with van der Waals surface area (Å²) in [4.78, 5) is 10.5. The lowest BCUT2D eigenvalue weighted by molar-refractivity contribution is -0.0503. The molecular weight excluding hydrogens is 198 g/mol. The molecule has 0 saturated carbocycles. The number of phenolic OH excluding ortho intramolecular Hbond substituents is 1. The van der Waals surface area contributed by atoms with Gasteiger partial charge in [0.25, 0.3) is 0 Å². The molecular formula is C8H6F2O4. The molecule has 0 saturated heterocycles. The van der Waals surface area contributed by atoms with Crippen molar-refractivity contribution in [2.45, 2.75) is 6.61 Å². The maximum atomic E-state index is 11.8. The molecule has 0 radical (unpaired) electrons. The summed E-state index contributed by atoms with van der Waals surface area (Å²) in [5, 5.41) is 17.5. The SMILES string of the molecule is O=C(O)c1cc(O)ccc1OC(F)F. The summed E-state index contributed by atoms with van der Waals surface area (Å²) in [6.45, 7) is -3.10. The van der Waals surface area contributed by atoms with E-state index >= 15 is 0 Å². The van der Waals surface area contributed by atoms with E-state index in [4.69, 9.17) is 10.2 Å². The quantitative estimate of drug-likeness (QED) is 0.786. The normalized spacial score (nSPS) is 10.2. The van der Waals surface area contributed by atoms with E-state index in [9.17, 15) is 13.6 Å². The molecule has 0 heterocycles. The molecule has 2 N–H and O–H groups in total. The second-order valence-electron chi connectivity index (χ2n) is 2.36. The van der Waals surface area contributed by atoms with E-state index in [-0.39, 0.29) is 5.75 Å². The van der Waals surface area contributed by atoms with Crippen molar-refractivity contribution in [1.29, 1.82) is 0 Å². The lowest BCUT2D eigenvalue weighted by Crippen LogP contribution is -2.07. The van der Waals surface area contributed by atoms with Crippen LogP contribution >= 0.6 is 0 Å². The highest BCUT2D eigenvalue weighted by molar-refractivity contribution is 5.91. The maximum Gasteiger partial charge on any atom is 0.387 e. The van der Waals surface area contributed by atoms with Crippen molar-refractivity contribution < 1.29 is 28.5 Å². The standard InChI is InChI=1S/C8H6F2O4/c9-8(10)14-6-2-1-4(11)3-5(6)7(12)13/h1-3,8,11H,(H,12,13). The Balaban J connectivity index is 3.08. The fourth-order valence-corrected chi connectivity index (χ4v) is 0.884. The van der Waals surface area contributed by atoms with Crippen molar-refractivity contribution in [1.82, 2.24) is 0 Å². The molecule has 76 valence electrons. The number of aromatic carboxylic acids is 1. The summed E-state index contributed by atoms with van der Waals surface area (Å²) >= 11 is 0. The summed E-state index contributed by atoms with van der Waals surface area (Å²) < 4.78 is 27.5. The summed E-state index contributed by atoms with van der Waals surface area (Å²) in [5.41, 5.74) is -0.509. The molecule has 1 aromatic rings. The van der Waals surface area contributed by atoms with Crippen LogP contribution in [-0.4, -0.2) is 22.8 Å². The van der Waals surface area contributed by atoms with E-state index < -0.39 is 23.9 Å². The molecule has 1 aromatic carbocycles. The molecule has 0 spiro atoms. The molecule has 6 heteroatoms. The van der Waals surface area contributed by atoms with Crippen LogP contribution in [0.3, 0.4) is 0 Å². The fraction of sp³-hybridized carbons (Fsp3) is 0.125. The number of ether oxygens (including phenoxy) is 1. The third-order valence-corrected chi connectivity index (χ3v) is 1.41. The van der Waals surface area contributed by atoms with E-state index in [1.165, 1.54) is 0 Å². The Labute approximate surface area is 77.4 Å². The largest absolute Gasteiger partial charge is 0.508 e. The van der Waals surface area contributed by atoms with E-state index in [0.717, 1.165) is 18.2 Å². The first-order chi connectivity index (χ1) is 6.50. The number of alkyl halides is 2. The Morgan fingerprint density at radius 2 is 2.07 bits per heavy atom. The van der Waals surface area contributed by atoms with Gasteiger partial charge < -0.3 is 14.9 Å². The van der Waals surface area contributed by atoms with Gasteiger partial charge in [-0.2, -0.15) is 8.78 Å². The average Bonchev–Trinajstić information content (AvgIpc) is 2.07. The van der Waals surface area contributed by atoms with Gasteiger partial charge in [-0.3, -0.25) is 0 Å². The summed E-state index contributed by atoms with van der Waals surface area (Å²) in [7, 11) is 0. The van der Waals surface area contributed by atoms with E-state index in [0.29, 0.717) is 0 Å². The van der Waals surface area contributed by atoms with Crippen molar-refractivity contribution in [3.8, 4) is 11.5 Å². The molecule has 1 rings (SSSR count). The van der Waals surface area contributed by atoms with Gasteiger partial charge in [0.1, 0.15) is 17.1 Å². The fourth-order valence-electron chi connectivity index (χ4n) is 0.884. The van der Waals surface area contributed by atoms with E-state index in [1.54, 1.807) is 0 Å². The van der Waals surface area contributed by atoms with Crippen molar-refractivity contribution in [3.63, 3.8) is 0 Å². The molecule has 0 aliphatic carbocycles. The van der Waals surface area contributed by atoms with Crippen molar-refractivity contribution in [2.75, 3.05) is 0 Å². The topological polar surface area (TPSA) is 66.8 Å². The first-order valence-corrected chi connectivity index (χ1v) is 3.52. The van der Waals surface area contributed by atoms with Crippen molar-refractivity contribution in [2.24, 2.45) is 0 Å². The zero-order chi connectivity index (χ0) is 10.7. The Morgan fingerprint density at radius 1 is 1.43 bits per heavy atom. The smallest absolute Gasteiger partial charge is 0.387 e. The molecule has 0 amide bonds. The molecule has 0 aliphatic rings. The summed E-state index contributed by atoms with van der Waals surface area (Å²) in [5.74, 6) is -2.26. The number of aromatic hydroxyl groups is 1. The lowest BCUT2D eigenvalue weighted by Gasteiger charge is -2.07. The van der Waals surface area contributed by atoms with Gasteiger partial charge in [0.15, 0.2) is 0 Å². The van der Waals surface area contributed by atoms with Crippen molar-refractivity contribution >= 4 is 5.97 Å². The Hall–Kier alpha value is -1.85. The van der Waals surface area contributed by atoms with Crippen LogP contribution in [0.4, 0.5) is 8.78 Å². The molecule has 0 bridgehead atoms. The molecule has 4 nitrogen and oxygen atoms in total. The number of carbonyl (C=O) groups is 1. The molecule has 0 aromatic heterocycles. The number of halogens is 2. The predicted molar refractivity (Wildman–Crippen MR) is 41.7 cm³/mol. The minimum Gasteiger partial charge on any atom is -0.508 e. The molecule has 0 unspecified atom stereocenters. The van der Waals surface area contributed by atoms with Crippen LogP contribution in [0.1, 0.15) is 10.4 Å². The van der Waals surface area contributed by atoms with Gasteiger partial charge in [0.05, 0.1) is 0 Å². The van der Waals surface area contributed by atoms with Gasteiger partial charge in [-0.25, -0.2) is 4.79 Å². The van der Waals surface area contributed by atoms with Crippen LogP contribution < -0.4 is 4.74 Å². The highest BCUT2D eigenvalue weighted by Gasteiger charge is 2.15. The van der Waals surface area contributed by atoms with Gasteiger partial charge in [0, 0.05) is 0 Å². The van der Waals surface area contributed by atoms with Crippen LogP contribution in [0.5, 0.6) is 11.5 Å². The Bertz CT molecular complexity index is 351. The first kappa shape index (κ1) is 10.2. The number of rotatable bonds is 3. The predicted octanol–water partition coefficient (Wildman–Crippen LogP) is 1.69. The lowest BCUT2D eigenvalue weighted by atomic mass is 10.2. The molecule has 0 fully saturated rings. The summed E-state index contributed by atoms with van der Waals surface area (Å²) in [6.07, 6.45) is 0. The highest BCUT2D eigenvalue weighted by Crippen LogP contribution is 2.24. The number of carboxylic acids is 1. The molecule has 14 heavy (non-hydrogen) atoms. The zero-order valence-electron chi connectivity index (χ0n) is 6.78. The number of hydrogen-bond acceptors (Lipinski definition) is 3. The maximum absolute atomic E-state index is 11.8. The van der Waals surface area contributed by atoms with Gasteiger partial charge in [-0.1, -0.05) is 0 Å². The first-order valence-electron chi connectivity index (χ1n) is 3.52. The zero-order valence-corrected chi connectivity index (χ0v) is 6.78. The molecule has 0 aliphatic heterocycles. The van der Waals surface area contributed by atoms with Gasteiger partial charge in [0.2, 0.25) is 0 Å². The van der Waals surface area contributed by atoms with Crippen LogP contribution in [0.2, 0.25) is 0 Å². The summed E-state index contributed by atoms with van der Waals surface area (Å²) in [6, 6.07) is 2.86. The van der Waals surface area contributed by atoms with Crippen molar-refractivity contribution in [3.05, 3.63) is 23.8 Å². The number of phenols is 1.